The van der Waals surface area contributed by atoms with Crippen molar-refractivity contribution in [2.75, 3.05) is 0 Å². The van der Waals surface area contributed by atoms with Crippen molar-refractivity contribution in [3.8, 4) is 11.3 Å². The Kier molecular flexibility index (Phi) is 3.75. The normalized spacial score (nSPS) is 13.7. The van der Waals surface area contributed by atoms with Gasteiger partial charge in [0, 0.05) is 27.8 Å². The molecule has 23 heavy (non-hydrogen) atoms. The zero-order valence-corrected chi connectivity index (χ0v) is 13.3. The number of aryl methyl sites for hydroxylation is 1. The lowest BCUT2D eigenvalue weighted by molar-refractivity contribution is 0.0941. The first-order valence-electron chi connectivity index (χ1n) is 7.68. The van der Waals surface area contributed by atoms with Crippen molar-refractivity contribution < 1.29 is 13.7 Å². The number of nitrogens with zero attached hydrogens (tertiary/aromatic N) is 1. The second-order valence-electron chi connectivity index (χ2n) is 5.60. The molecule has 3 aromatic heterocycles. The predicted octanol–water partition coefficient (Wildman–Crippen LogP) is 3.80. The first-order chi connectivity index (χ1) is 11.3. The minimum Gasteiger partial charge on any atom is -0.464 e. The fraction of sp³-hybridized carbons (Fsp3) is 0.294. The molecule has 118 valence electrons. The Morgan fingerprint density at radius 2 is 2.26 bits per heavy atom. The number of carbonyl (C=O) groups excluding carboxylic acids is 1. The van der Waals surface area contributed by atoms with E-state index in [-0.39, 0.29) is 5.91 Å². The number of rotatable bonds is 4. The zero-order valence-electron chi connectivity index (χ0n) is 12.5. The summed E-state index contributed by atoms with van der Waals surface area (Å²) in [6, 6.07) is 5.82. The summed E-state index contributed by atoms with van der Waals surface area (Å²) in [5.41, 5.74) is 2.46. The summed E-state index contributed by atoms with van der Waals surface area (Å²) in [5.74, 6) is 1.55. The van der Waals surface area contributed by atoms with Crippen LogP contribution in [0, 0.1) is 0 Å². The van der Waals surface area contributed by atoms with Gasteiger partial charge in [0.25, 0.3) is 5.91 Å². The Hall–Kier alpha value is -2.34. The van der Waals surface area contributed by atoms with Gasteiger partial charge >= 0.3 is 0 Å². The molecule has 0 fully saturated rings. The predicted molar refractivity (Wildman–Crippen MR) is 86.3 cm³/mol. The molecule has 6 heteroatoms. The number of fused-ring (bicyclic) bond motifs is 1. The first-order valence-corrected chi connectivity index (χ1v) is 8.56. The molecular weight excluding hydrogens is 312 g/mol. The summed E-state index contributed by atoms with van der Waals surface area (Å²) in [6.07, 6.45) is 5.61. The van der Waals surface area contributed by atoms with Gasteiger partial charge in [-0.1, -0.05) is 5.16 Å². The van der Waals surface area contributed by atoms with Crippen LogP contribution in [-0.4, -0.2) is 11.1 Å². The average molecular weight is 328 g/mol. The molecule has 0 unspecified atom stereocenters. The third-order valence-electron chi connectivity index (χ3n) is 4.05. The van der Waals surface area contributed by atoms with Gasteiger partial charge in [0.05, 0.1) is 12.8 Å². The van der Waals surface area contributed by atoms with E-state index < -0.39 is 0 Å². The van der Waals surface area contributed by atoms with Gasteiger partial charge in [-0.25, -0.2) is 0 Å². The molecule has 0 atom stereocenters. The van der Waals surface area contributed by atoms with Crippen LogP contribution in [-0.2, 0) is 19.4 Å². The second kappa shape index (κ2) is 6.04. The number of amides is 1. The van der Waals surface area contributed by atoms with E-state index >= 15 is 0 Å². The zero-order chi connectivity index (χ0) is 15.6. The first kappa shape index (κ1) is 14.3. The maximum Gasteiger partial charge on any atom is 0.274 e. The summed E-state index contributed by atoms with van der Waals surface area (Å²) in [7, 11) is 0. The molecule has 0 saturated heterocycles. The van der Waals surface area contributed by atoms with Gasteiger partial charge in [0.2, 0.25) is 0 Å². The standard InChI is InChI=1S/C17H16N2O3S/c20-17(16-13-4-1-2-5-15(13)22-19-16)18-9-12-8-11(10-23-12)14-6-3-7-21-14/h3,6-8,10H,1-2,4-5,9H2,(H,18,20). The smallest absolute Gasteiger partial charge is 0.274 e. The van der Waals surface area contributed by atoms with Crippen LogP contribution in [0.5, 0.6) is 0 Å². The average Bonchev–Trinajstić information content (AvgIpc) is 3.31. The molecule has 1 aliphatic carbocycles. The van der Waals surface area contributed by atoms with Crippen LogP contribution in [0.15, 0.2) is 38.8 Å². The quantitative estimate of drug-likeness (QED) is 0.791. The maximum atomic E-state index is 12.3. The van der Waals surface area contributed by atoms with Gasteiger partial charge in [-0.15, -0.1) is 11.3 Å². The molecule has 0 spiro atoms. The van der Waals surface area contributed by atoms with Crippen LogP contribution in [0.1, 0.15) is 39.5 Å². The molecule has 0 aromatic carbocycles. The van der Waals surface area contributed by atoms with Crippen LogP contribution >= 0.6 is 11.3 Å². The number of hydrogen-bond acceptors (Lipinski definition) is 5. The number of aromatic nitrogens is 1. The molecule has 3 heterocycles. The molecular formula is C17H16N2O3S. The van der Waals surface area contributed by atoms with Gasteiger partial charge in [-0.05, 0) is 37.5 Å². The van der Waals surface area contributed by atoms with Gasteiger partial charge < -0.3 is 14.3 Å². The summed E-state index contributed by atoms with van der Waals surface area (Å²) in [5, 5.41) is 8.91. The fourth-order valence-corrected chi connectivity index (χ4v) is 3.67. The Morgan fingerprint density at radius 3 is 3.13 bits per heavy atom. The van der Waals surface area contributed by atoms with E-state index in [4.69, 9.17) is 8.94 Å². The second-order valence-corrected chi connectivity index (χ2v) is 6.60. The molecule has 3 aromatic rings. The number of furan rings is 1. The van der Waals surface area contributed by atoms with E-state index in [0.29, 0.717) is 12.2 Å². The van der Waals surface area contributed by atoms with Crippen LogP contribution < -0.4 is 5.32 Å². The summed E-state index contributed by atoms with van der Waals surface area (Å²) >= 11 is 1.60. The Labute approximate surface area is 137 Å². The molecule has 5 nitrogen and oxygen atoms in total. The lowest BCUT2D eigenvalue weighted by Crippen LogP contribution is -2.24. The van der Waals surface area contributed by atoms with Crippen LogP contribution in [0.25, 0.3) is 11.3 Å². The Morgan fingerprint density at radius 1 is 1.35 bits per heavy atom. The lowest BCUT2D eigenvalue weighted by Gasteiger charge is -2.09. The van der Waals surface area contributed by atoms with Gasteiger partial charge in [-0.3, -0.25) is 4.79 Å². The molecule has 1 amide bonds. The van der Waals surface area contributed by atoms with Crippen LogP contribution in [0.4, 0.5) is 0 Å². The summed E-state index contributed by atoms with van der Waals surface area (Å²) < 4.78 is 10.7. The van der Waals surface area contributed by atoms with Gasteiger partial charge in [0.1, 0.15) is 11.5 Å². The molecule has 0 aliphatic heterocycles. The number of carbonyl (C=O) groups is 1. The van der Waals surface area contributed by atoms with Crippen molar-refractivity contribution in [1.29, 1.82) is 0 Å². The Bertz CT molecular complexity index is 817. The lowest BCUT2D eigenvalue weighted by atomic mass is 9.96. The highest BCUT2D eigenvalue weighted by molar-refractivity contribution is 7.10. The molecule has 4 rings (SSSR count). The highest BCUT2D eigenvalue weighted by Gasteiger charge is 2.23. The third kappa shape index (κ3) is 2.82. The highest BCUT2D eigenvalue weighted by Crippen LogP contribution is 2.26. The Balaban J connectivity index is 1.43. The van der Waals surface area contributed by atoms with Gasteiger partial charge in [-0.2, -0.15) is 0 Å². The molecule has 1 N–H and O–H groups in total. The van der Waals surface area contributed by atoms with E-state index in [1.807, 2.05) is 23.6 Å². The minimum atomic E-state index is -0.162. The van der Waals surface area contributed by atoms with Crippen molar-refractivity contribution in [2.45, 2.75) is 32.2 Å². The largest absolute Gasteiger partial charge is 0.464 e. The van der Waals surface area contributed by atoms with Crippen molar-refractivity contribution in [3.05, 3.63) is 51.7 Å². The number of thiophene rings is 1. The fourth-order valence-electron chi connectivity index (χ4n) is 2.86. The van der Waals surface area contributed by atoms with Crippen LogP contribution in [0.2, 0.25) is 0 Å². The molecule has 0 saturated carbocycles. The highest BCUT2D eigenvalue weighted by atomic mass is 32.1. The summed E-state index contributed by atoms with van der Waals surface area (Å²) in [6.45, 7) is 0.478. The molecule has 0 bridgehead atoms. The number of hydrogen-bond donors (Lipinski definition) is 1. The van der Waals surface area contributed by atoms with E-state index in [1.165, 1.54) is 0 Å². The van der Waals surface area contributed by atoms with E-state index in [9.17, 15) is 4.79 Å². The topological polar surface area (TPSA) is 68.3 Å². The maximum absolute atomic E-state index is 12.3. The molecule has 1 aliphatic rings. The monoisotopic (exact) mass is 328 g/mol. The van der Waals surface area contributed by atoms with Gasteiger partial charge in [0.15, 0.2) is 5.69 Å². The van der Waals surface area contributed by atoms with E-state index in [2.05, 4.69) is 10.5 Å². The van der Waals surface area contributed by atoms with Crippen LogP contribution in [0.3, 0.4) is 0 Å². The summed E-state index contributed by atoms with van der Waals surface area (Å²) in [4.78, 5) is 13.4. The van der Waals surface area contributed by atoms with Crippen molar-refractivity contribution in [1.82, 2.24) is 10.5 Å². The number of nitrogens with one attached hydrogen (secondary N) is 1. The molecule has 0 radical (unpaired) electrons. The van der Waals surface area contributed by atoms with Crippen molar-refractivity contribution in [2.24, 2.45) is 0 Å². The van der Waals surface area contributed by atoms with E-state index in [0.717, 1.165) is 53.2 Å². The van der Waals surface area contributed by atoms with E-state index in [1.54, 1.807) is 17.6 Å². The van der Waals surface area contributed by atoms with Crippen molar-refractivity contribution >= 4 is 17.2 Å². The SMILES string of the molecule is O=C(NCc1cc(-c2ccco2)cs1)c1noc2c1CCCC2. The minimum absolute atomic E-state index is 0.162. The van der Waals surface area contributed by atoms with Crippen molar-refractivity contribution in [3.63, 3.8) is 0 Å². The third-order valence-corrected chi connectivity index (χ3v) is 4.98.